The van der Waals surface area contributed by atoms with Crippen LogP contribution in [0.5, 0.6) is 11.5 Å². The molecule has 0 aliphatic rings. The molecular formula is C14H22BrNO2. The highest BCUT2D eigenvalue weighted by Crippen LogP contribution is 2.35. The van der Waals surface area contributed by atoms with Gasteiger partial charge in [0.05, 0.1) is 11.6 Å². The first-order chi connectivity index (χ1) is 8.47. The molecule has 0 bridgehead atoms. The maximum Gasteiger partial charge on any atom is 0.172 e. The van der Waals surface area contributed by atoms with E-state index in [1.54, 1.807) is 7.11 Å². The van der Waals surface area contributed by atoms with Crippen molar-refractivity contribution >= 4 is 15.9 Å². The van der Waals surface area contributed by atoms with Gasteiger partial charge in [0, 0.05) is 13.1 Å². The molecule has 0 heterocycles. The summed E-state index contributed by atoms with van der Waals surface area (Å²) in [6.07, 6.45) is 1.19. The van der Waals surface area contributed by atoms with Crippen LogP contribution in [0.4, 0.5) is 0 Å². The highest BCUT2D eigenvalue weighted by atomic mass is 79.9. The first-order valence-electron chi connectivity index (χ1n) is 6.21. The van der Waals surface area contributed by atoms with Crippen molar-refractivity contribution in [1.82, 2.24) is 4.90 Å². The van der Waals surface area contributed by atoms with Gasteiger partial charge in [-0.2, -0.15) is 0 Å². The summed E-state index contributed by atoms with van der Waals surface area (Å²) in [7, 11) is 3.67. The molecule has 0 aliphatic carbocycles. The summed E-state index contributed by atoms with van der Waals surface area (Å²) in [5.41, 5.74) is 1.13. The van der Waals surface area contributed by atoms with Crippen molar-refractivity contribution in [3.63, 3.8) is 0 Å². The lowest BCUT2D eigenvalue weighted by Crippen LogP contribution is -2.23. The average molecular weight is 316 g/mol. The topological polar surface area (TPSA) is 32.7 Å². The number of benzene rings is 1. The molecule has 102 valence electrons. The van der Waals surface area contributed by atoms with E-state index in [4.69, 9.17) is 4.74 Å². The standard InChI is InChI=1S/C14H22BrNO2/c1-5-10(2)8-16(3)9-11-6-12(15)14(17)13(7-11)18-4/h6-7,10,17H,5,8-9H2,1-4H3. The molecule has 1 N–H and O–H groups in total. The van der Waals surface area contributed by atoms with Crippen molar-refractivity contribution in [3.8, 4) is 11.5 Å². The van der Waals surface area contributed by atoms with Gasteiger partial charge in [-0.15, -0.1) is 0 Å². The predicted octanol–water partition coefficient (Wildman–Crippen LogP) is 3.64. The van der Waals surface area contributed by atoms with Crippen LogP contribution in [0.2, 0.25) is 0 Å². The van der Waals surface area contributed by atoms with Crippen LogP contribution in [0, 0.1) is 5.92 Å². The Balaban J connectivity index is 2.75. The van der Waals surface area contributed by atoms with Gasteiger partial charge in [0.25, 0.3) is 0 Å². The molecule has 4 heteroatoms. The molecule has 1 atom stereocenters. The molecule has 18 heavy (non-hydrogen) atoms. The van der Waals surface area contributed by atoms with E-state index in [1.165, 1.54) is 6.42 Å². The summed E-state index contributed by atoms with van der Waals surface area (Å²) in [4.78, 5) is 2.28. The summed E-state index contributed by atoms with van der Waals surface area (Å²) in [5.74, 6) is 1.36. The molecular weight excluding hydrogens is 294 g/mol. The predicted molar refractivity (Wildman–Crippen MR) is 78.1 cm³/mol. The number of halogens is 1. The normalized spacial score (nSPS) is 12.8. The Labute approximate surface area is 118 Å². The Bertz CT molecular complexity index is 396. The Morgan fingerprint density at radius 1 is 1.44 bits per heavy atom. The number of hydrogen-bond donors (Lipinski definition) is 1. The second-order valence-electron chi connectivity index (χ2n) is 4.84. The van der Waals surface area contributed by atoms with E-state index in [2.05, 4.69) is 41.7 Å². The molecule has 1 aromatic carbocycles. The van der Waals surface area contributed by atoms with Crippen molar-refractivity contribution < 1.29 is 9.84 Å². The van der Waals surface area contributed by atoms with Crippen molar-refractivity contribution in [2.75, 3.05) is 20.7 Å². The Morgan fingerprint density at radius 3 is 2.67 bits per heavy atom. The summed E-state index contributed by atoms with van der Waals surface area (Å²) in [6, 6.07) is 3.82. The smallest absolute Gasteiger partial charge is 0.172 e. The average Bonchev–Trinajstić information content (AvgIpc) is 2.33. The van der Waals surface area contributed by atoms with E-state index in [9.17, 15) is 5.11 Å². The molecule has 0 aromatic heterocycles. The third kappa shape index (κ3) is 4.18. The summed E-state index contributed by atoms with van der Waals surface area (Å²) in [5, 5.41) is 9.75. The van der Waals surface area contributed by atoms with Crippen LogP contribution in [0.15, 0.2) is 16.6 Å². The molecule has 0 amide bonds. The highest BCUT2D eigenvalue weighted by Gasteiger charge is 2.11. The lowest BCUT2D eigenvalue weighted by Gasteiger charge is -2.21. The highest BCUT2D eigenvalue weighted by molar-refractivity contribution is 9.10. The molecule has 0 aliphatic heterocycles. The molecule has 0 saturated heterocycles. The van der Waals surface area contributed by atoms with Gasteiger partial charge in [-0.05, 0) is 46.6 Å². The Kier molecular flexibility index (Phi) is 5.96. The van der Waals surface area contributed by atoms with Gasteiger partial charge >= 0.3 is 0 Å². The number of ether oxygens (including phenoxy) is 1. The van der Waals surface area contributed by atoms with Crippen LogP contribution >= 0.6 is 15.9 Å². The van der Waals surface area contributed by atoms with Crippen molar-refractivity contribution in [2.45, 2.75) is 26.8 Å². The third-order valence-corrected chi connectivity index (χ3v) is 3.69. The summed E-state index contributed by atoms with van der Waals surface area (Å²) in [6.45, 7) is 6.37. The zero-order valence-corrected chi connectivity index (χ0v) is 13.1. The van der Waals surface area contributed by atoms with E-state index < -0.39 is 0 Å². The molecule has 0 saturated carbocycles. The maximum atomic E-state index is 9.75. The second kappa shape index (κ2) is 7.00. The quantitative estimate of drug-likeness (QED) is 0.870. The van der Waals surface area contributed by atoms with Crippen LogP contribution in [-0.2, 0) is 6.54 Å². The fourth-order valence-corrected chi connectivity index (χ4v) is 2.40. The first-order valence-corrected chi connectivity index (χ1v) is 7.01. The Hall–Kier alpha value is -0.740. The number of rotatable bonds is 6. The summed E-state index contributed by atoms with van der Waals surface area (Å²) >= 11 is 3.34. The number of nitrogens with zero attached hydrogens (tertiary/aromatic N) is 1. The summed E-state index contributed by atoms with van der Waals surface area (Å²) < 4.78 is 5.83. The fraction of sp³-hybridized carbons (Fsp3) is 0.571. The number of aromatic hydroxyl groups is 1. The number of phenolic OH excluding ortho intramolecular Hbond substituents is 1. The SMILES string of the molecule is CCC(C)CN(C)Cc1cc(Br)c(O)c(OC)c1. The molecule has 0 radical (unpaired) electrons. The second-order valence-corrected chi connectivity index (χ2v) is 5.69. The van der Waals surface area contributed by atoms with Crippen LogP contribution in [-0.4, -0.2) is 30.7 Å². The number of phenols is 1. The molecule has 3 nitrogen and oxygen atoms in total. The number of methoxy groups -OCH3 is 1. The van der Waals surface area contributed by atoms with Crippen LogP contribution in [0.25, 0.3) is 0 Å². The third-order valence-electron chi connectivity index (χ3n) is 3.08. The lowest BCUT2D eigenvalue weighted by molar-refractivity contribution is 0.274. The Morgan fingerprint density at radius 2 is 2.11 bits per heavy atom. The van der Waals surface area contributed by atoms with Crippen molar-refractivity contribution in [1.29, 1.82) is 0 Å². The van der Waals surface area contributed by atoms with E-state index in [1.807, 2.05) is 12.1 Å². The first kappa shape index (κ1) is 15.3. The fourth-order valence-electron chi connectivity index (χ4n) is 1.91. The van der Waals surface area contributed by atoms with Crippen LogP contribution in [0.3, 0.4) is 0 Å². The van der Waals surface area contributed by atoms with Gasteiger partial charge in [0.15, 0.2) is 11.5 Å². The molecule has 1 rings (SSSR count). The van der Waals surface area contributed by atoms with Crippen molar-refractivity contribution in [3.05, 3.63) is 22.2 Å². The zero-order valence-electron chi connectivity index (χ0n) is 11.5. The monoisotopic (exact) mass is 315 g/mol. The largest absolute Gasteiger partial charge is 0.503 e. The number of hydrogen-bond acceptors (Lipinski definition) is 3. The minimum Gasteiger partial charge on any atom is -0.503 e. The molecule has 1 unspecified atom stereocenters. The van der Waals surface area contributed by atoms with Gasteiger partial charge in [0.1, 0.15) is 0 Å². The molecule has 0 fully saturated rings. The van der Waals surface area contributed by atoms with E-state index in [0.29, 0.717) is 16.1 Å². The molecule has 1 aromatic rings. The molecule has 0 spiro atoms. The zero-order chi connectivity index (χ0) is 13.7. The minimum atomic E-state index is 0.158. The van der Waals surface area contributed by atoms with Gasteiger partial charge in [-0.1, -0.05) is 20.3 Å². The van der Waals surface area contributed by atoms with Gasteiger partial charge in [0.2, 0.25) is 0 Å². The lowest BCUT2D eigenvalue weighted by atomic mass is 10.1. The van der Waals surface area contributed by atoms with E-state index in [0.717, 1.165) is 18.7 Å². The van der Waals surface area contributed by atoms with Gasteiger partial charge < -0.3 is 14.7 Å². The minimum absolute atomic E-state index is 0.158. The maximum absolute atomic E-state index is 9.75. The van der Waals surface area contributed by atoms with Crippen LogP contribution < -0.4 is 4.74 Å². The van der Waals surface area contributed by atoms with Crippen LogP contribution in [0.1, 0.15) is 25.8 Å². The van der Waals surface area contributed by atoms with Gasteiger partial charge in [-0.25, -0.2) is 0 Å². The van der Waals surface area contributed by atoms with Gasteiger partial charge in [-0.3, -0.25) is 0 Å². The van der Waals surface area contributed by atoms with E-state index >= 15 is 0 Å². The van der Waals surface area contributed by atoms with E-state index in [-0.39, 0.29) is 5.75 Å². The van der Waals surface area contributed by atoms with Crippen molar-refractivity contribution in [2.24, 2.45) is 5.92 Å².